The molecule has 3 N–H and O–H groups in total. The number of carbonyl (C=O) groups is 2. The molecule has 6 heteroatoms. The summed E-state index contributed by atoms with van der Waals surface area (Å²) in [5.41, 5.74) is 2.24. The number of benzene rings is 1. The summed E-state index contributed by atoms with van der Waals surface area (Å²) in [6, 6.07) is 5.66. The molecule has 0 saturated carbocycles. The second kappa shape index (κ2) is 6.36. The van der Waals surface area contributed by atoms with E-state index in [4.69, 9.17) is 0 Å². The molecule has 0 aromatic heterocycles. The summed E-state index contributed by atoms with van der Waals surface area (Å²) in [4.78, 5) is 26.2. The maximum absolute atomic E-state index is 12.4. The van der Waals surface area contributed by atoms with Crippen LogP contribution in [0.15, 0.2) is 18.2 Å². The topological polar surface area (TPSA) is 73.5 Å². The number of nitrogens with one attached hydrogen (secondary N) is 3. The van der Waals surface area contributed by atoms with Gasteiger partial charge in [0.15, 0.2) is 0 Å². The Kier molecular flexibility index (Phi) is 4.29. The van der Waals surface area contributed by atoms with Crippen LogP contribution < -0.4 is 20.9 Å². The molecule has 3 rings (SSSR count). The average Bonchev–Trinajstić information content (AvgIpc) is 2.67. The van der Waals surface area contributed by atoms with Crippen LogP contribution in [-0.2, 0) is 4.79 Å². The Morgan fingerprint density at radius 2 is 2.27 bits per heavy atom. The Morgan fingerprint density at radius 1 is 1.41 bits per heavy atom. The lowest BCUT2D eigenvalue weighted by Gasteiger charge is -2.24. The van der Waals surface area contributed by atoms with Crippen molar-refractivity contribution in [2.24, 2.45) is 0 Å². The van der Waals surface area contributed by atoms with E-state index < -0.39 is 0 Å². The third-order valence-electron chi connectivity index (χ3n) is 4.25. The Balaban J connectivity index is 1.77. The molecule has 118 valence electrons. The summed E-state index contributed by atoms with van der Waals surface area (Å²) in [6.45, 7) is 2.51. The number of amides is 2. The van der Waals surface area contributed by atoms with Gasteiger partial charge in [0.1, 0.15) is 0 Å². The monoisotopic (exact) mass is 302 g/mol. The standard InChI is InChI=1S/C16H22N4O2/c1-20-8-6-15(21)19-13-9-11(4-5-14(13)20)16(22)18-12-3-2-7-17-10-12/h4-5,9,12,17H,2-3,6-8,10H2,1H3,(H,18,22)(H,19,21)/t12-/m0/s1. The van der Waals surface area contributed by atoms with Crippen LogP contribution in [0.3, 0.4) is 0 Å². The zero-order valence-electron chi connectivity index (χ0n) is 12.8. The Hall–Kier alpha value is -2.08. The molecule has 1 aromatic rings. The maximum Gasteiger partial charge on any atom is 0.251 e. The highest BCUT2D eigenvalue weighted by Crippen LogP contribution is 2.28. The number of piperidine rings is 1. The zero-order chi connectivity index (χ0) is 15.5. The lowest BCUT2D eigenvalue weighted by Crippen LogP contribution is -2.45. The molecule has 1 fully saturated rings. The largest absolute Gasteiger partial charge is 0.372 e. The van der Waals surface area contributed by atoms with Crippen LogP contribution >= 0.6 is 0 Å². The quantitative estimate of drug-likeness (QED) is 0.760. The van der Waals surface area contributed by atoms with Crippen LogP contribution in [0.4, 0.5) is 11.4 Å². The smallest absolute Gasteiger partial charge is 0.251 e. The van der Waals surface area contributed by atoms with E-state index in [0.717, 1.165) is 31.6 Å². The molecule has 2 amide bonds. The lowest BCUT2D eigenvalue weighted by molar-refractivity contribution is -0.115. The van der Waals surface area contributed by atoms with Crippen molar-refractivity contribution in [1.29, 1.82) is 0 Å². The summed E-state index contributed by atoms with van der Waals surface area (Å²) < 4.78 is 0. The van der Waals surface area contributed by atoms with E-state index in [0.29, 0.717) is 24.2 Å². The van der Waals surface area contributed by atoms with E-state index in [9.17, 15) is 9.59 Å². The predicted octanol–water partition coefficient (Wildman–Crippen LogP) is 0.947. The van der Waals surface area contributed by atoms with Crippen LogP contribution in [0, 0.1) is 0 Å². The Bertz CT molecular complexity index is 582. The highest BCUT2D eigenvalue weighted by atomic mass is 16.2. The van der Waals surface area contributed by atoms with Crippen molar-refractivity contribution < 1.29 is 9.59 Å². The summed E-state index contributed by atoms with van der Waals surface area (Å²) in [7, 11) is 1.95. The number of rotatable bonds is 2. The first kappa shape index (κ1) is 14.8. The van der Waals surface area contributed by atoms with Gasteiger partial charge in [-0.25, -0.2) is 0 Å². The number of hydrogen-bond donors (Lipinski definition) is 3. The minimum absolute atomic E-state index is 0.0142. The Labute approximate surface area is 130 Å². The molecule has 2 heterocycles. The van der Waals surface area contributed by atoms with Crippen molar-refractivity contribution in [3.63, 3.8) is 0 Å². The molecular weight excluding hydrogens is 280 g/mol. The van der Waals surface area contributed by atoms with E-state index >= 15 is 0 Å². The molecule has 2 aliphatic heterocycles. The van der Waals surface area contributed by atoms with Crippen LogP contribution in [-0.4, -0.2) is 44.5 Å². The van der Waals surface area contributed by atoms with E-state index in [1.54, 1.807) is 6.07 Å². The second-order valence-corrected chi connectivity index (χ2v) is 5.97. The molecule has 0 bridgehead atoms. The van der Waals surface area contributed by atoms with Gasteiger partial charge >= 0.3 is 0 Å². The van der Waals surface area contributed by atoms with Crippen molar-refractivity contribution in [2.75, 3.05) is 36.9 Å². The molecule has 0 unspecified atom stereocenters. The molecule has 22 heavy (non-hydrogen) atoms. The number of anilines is 2. The van der Waals surface area contributed by atoms with Gasteiger partial charge in [0.2, 0.25) is 5.91 Å². The SMILES string of the molecule is CN1CCC(=O)Nc2cc(C(=O)N[C@H]3CCCNC3)ccc21. The van der Waals surface area contributed by atoms with Crippen molar-refractivity contribution in [3.8, 4) is 0 Å². The number of nitrogens with zero attached hydrogens (tertiary/aromatic N) is 1. The third kappa shape index (κ3) is 3.22. The summed E-state index contributed by atoms with van der Waals surface area (Å²) in [5.74, 6) is -0.0997. The van der Waals surface area contributed by atoms with Crippen molar-refractivity contribution >= 4 is 23.2 Å². The second-order valence-electron chi connectivity index (χ2n) is 5.97. The average molecular weight is 302 g/mol. The van der Waals surface area contributed by atoms with Crippen LogP contribution in [0.2, 0.25) is 0 Å². The molecule has 0 aliphatic carbocycles. The third-order valence-corrected chi connectivity index (χ3v) is 4.25. The van der Waals surface area contributed by atoms with Crippen LogP contribution in [0.5, 0.6) is 0 Å². The first-order valence-corrected chi connectivity index (χ1v) is 7.80. The summed E-state index contributed by atoms with van der Waals surface area (Å²) in [5, 5.41) is 9.21. The normalized spacial score (nSPS) is 21.6. The number of hydrogen-bond acceptors (Lipinski definition) is 4. The van der Waals surface area contributed by atoms with Gasteiger partial charge in [0.05, 0.1) is 11.4 Å². The number of fused-ring (bicyclic) bond motifs is 1. The maximum atomic E-state index is 12.4. The van der Waals surface area contributed by atoms with Gasteiger partial charge in [0.25, 0.3) is 5.91 Å². The summed E-state index contributed by atoms with van der Waals surface area (Å²) in [6.07, 6.45) is 2.54. The molecule has 1 atom stereocenters. The fourth-order valence-electron chi connectivity index (χ4n) is 2.96. The zero-order valence-corrected chi connectivity index (χ0v) is 12.8. The first-order valence-electron chi connectivity index (χ1n) is 7.80. The molecule has 0 radical (unpaired) electrons. The molecule has 1 aromatic carbocycles. The van der Waals surface area contributed by atoms with E-state index in [1.165, 1.54) is 0 Å². The van der Waals surface area contributed by atoms with E-state index in [2.05, 4.69) is 16.0 Å². The molecule has 1 saturated heterocycles. The minimum Gasteiger partial charge on any atom is -0.372 e. The van der Waals surface area contributed by atoms with Gasteiger partial charge in [-0.3, -0.25) is 9.59 Å². The molecule has 2 aliphatic rings. The van der Waals surface area contributed by atoms with Gasteiger partial charge in [-0.1, -0.05) is 0 Å². The van der Waals surface area contributed by atoms with Crippen molar-refractivity contribution in [2.45, 2.75) is 25.3 Å². The minimum atomic E-state index is -0.0855. The first-order chi connectivity index (χ1) is 10.6. The highest BCUT2D eigenvalue weighted by Gasteiger charge is 2.20. The van der Waals surface area contributed by atoms with Gasteiger partial charge in [-0.05, 0) is 37.6 Å². The van der Waals surface area contributed by atoms with Gasteiger partial charge in [0, 0.05) is 38.2 Å². The van der Waals surface area contributed by atoms with E-state index in [-0.39, 0.29) is 17.9 Å². The van der Waals surface area contributed by atoms with Gasteiger partial charge in [-0.2, -0.15) is 0 Å². The van der Waals surface area contributed by atoms with Gasteiger partial charge < -0.3 is 20.9 Å². The van der Waals surface area contributed by atoms with E-state index in [1.807, 2.05) is 24.1 Å². The molecule has 6 nitrogen and oxygen atoms in total. The van der Waals surface area contributed by atoms with Gasteiger partial charge in [-0.15, -0.1) is 0 Å². The van der Waals surface area contributed by atoms with Crippen LogP contribution in [0.1, 0.15) is 29.6 Å². The Morgan fingerprint density at radius 3 is 3.05 bits per heavy atom. The van der Waals surface area contributed by atoms with Crippen LogP contribution in [0.25, 0.3) is 0 Å². The lowest BCUT2D eigenvalue weighted by atomic mass is 10.1. The van der Waals surface area contributed by atoms with Crippen molar-refractivity contribution in [1.82, 2.24) is 10.6 Å². The predicted molar refractivity (Wildman–Crippen MR) is 86.3 cm³/mol. The summed E-state index contributed by atoms with van der Waals surface area (Å²) >= 11 is 0. The number of carbonyl (C=O) groups excluding carboxylic acids is 2. The fraction of sp³-hybridized carbons (Fsp3) is 0.500. The molecular formula is C16H22N4O2. The van der Waals surface area contributed by atoms with Crippen molar-refractivity contribution in [3.05, 3.63) is 23.8 Å². The fourth-order valence-corrected chi connectivity index (χ4v) is 2.96. The highest BCUT2D eigenvalue weighted by molar-refractivity contribution is 6.01. The molecule has 0 spiro atoms.